The van der Waals surface area contributed by atoms with E-state index in [1.54, 1.807) is 11.4 Å². The third-order valence-corrected chi connectivity index (χ3v) is 2.61. The summed E-state index contributed by atoms with van der Waals surface area (Å²) >= 11 is 3.37. The zero-order chi connectivity index (χ0) is 11.5. The molecule has 5 nitrogen and oxygen atoms in total. The average Bonchev–Trinajstić information content (AvgIpc) is 2.58. The minimum Gasteiger partial charge on any atom is -0.393 e. The second-order valence-electron chi connectivity index (χ2n) is 3.65. The van der Waals surface area contributed by atoms with E-state index in [-0.39, 0.29) is 6.10 Å². The van der Waals surface area contributed by atoms with Gasteiger partial charge in [-0.05, 0) is 41.4 Å². The Morgan fingerprint density at radius 2 is 2.38 bits per heavy atom. The highest BCUT2D eigenvalue weighted by Crippen LogP contribution is 2.12. The van der Waals surface area contributed by atoms with Crippen molar-refractivity contribution in [3.05, 3.63) is 22.8 Å². The summed E-state index contributed by atoms with van der Waals surface area (Å²) in [5.41, 5.74) is 0.794. The zero-order valence-corrected chi connectivity index (χ0v) is 10.5. The molecule has 0 aliphatic carbocycles. The molecule has 0 aliphatic heterocycles. The summed E-state index contributed by atoms with van der Waals surface area (Å²) in [4.78, 5) is 4.29. The predicted octanol–water partition coefficient (Wildman–Crippen LogP) is 1.67. The van der Waals surface area contributed by atoms with Crippen molar-refractivity contribution in [2.75, 3.05) is 11.9 Å². The number of nitrogens with one attached hydrogen (secondary N) is 1. The molecule has 1 atom stereocenters. The van der Waals surface area contributed by atoms with Crippen LogP contribution in [0.2, 0.25) is 0 Å². The van der Waals surface area contributed by atoms with Gasteiger partial charge in [-0.2, -0.15) is 4.98 Å². The van der Waals surface area contributed by atoms with Gasteiger partial charge in [0.2, 0.25) is 5.95 Å². The first-order valence-electron chi connectivity index (χ1n) is 5.09. The van der Waals surface area contributed by atoms with Gasteiger partial charge in [-0.3, -0.25) is 0 Å². The van der Waals surface area contributed by atoms with Crippen molar-refractivity contribution in [3.8, 4) is 0 Å². The van der Waals surface area contributed by atoms with E-state index in [4.69, 9.17) is 5.11 Å². The summed E-state index contributed by atoms with van der Waals surface area (Å²) in [6.45, 7) is 2.42. The maximum Gasteiger partial charge on any atom is 0.243 e. The van der Waals surface area contributed by atoms with Crippen molar-refractivity contribution >= 4 is 27.5 Å². The third-order valence-electron chi connectivity index (χ3n) is 2.14. The summed E-state index contributed by atoms with van der Waals surface area (Å²) in [6, 6.07) is 3.81. The summed E-state index contributed by atoms with van der Waals surface area (Å²) in [7, 11) is 0. The molecule has 1 unspecified atom stereocenters. The molecule has 0 amide bonds. The molecule has 16 heavy (non-hydrogen) atoms. The minimum atomic E-state index is -0.307. The number of hydrogen-bond donors (Lipinski definition) is 2. The van der Waals surface area contributed by atoms with Gasteiger partial charge in [0.25, 0.3) is 0 Å². The molecule has 2 aromatic heterocycles. The fraction of sp³-hybridized carbons (Fsp3) is 0.400. The Bertz CT molecular complexity index is 483. The molecule has 6 heteroatoms. The number of rotatable bonds is 4. The van der Waals surface area contributed by atoms with Crippen molar-refractivity contribution in [3.63, 3.8) is 0 Å². The van der Waals surface area contributed by atoms with Crippen LogP contribution in [0.25, 0.3) is 5.65 Å². The lowest BCUT2D eigenvalue weighted by Gasteiger charge is -2.03. The number of fused-ring (bicyclic) bond motifs is 1. The van der Waals surface area contributed by atoms with Crippen LogP contribution in [-0.2, 0) is 0 Å². The van der Waals surface area contributed by atoms with Crippen molar-refractivity contribution in [2.24, 2.45) is 0 Å². The van der Waals surface area contributed by atoms with Gasteiger partial charge < -0.3 is 10.4 Å². The van der Waals surface area contributed by atoms with Crippen LogP contribution in [0, 0.1) is 0 Å². The van der Waals surface area contributed by atoms with E-state index in [2.05, 4.69) is 31.3 Å². The molecule has 2 heterocycles. The first kappa shape index (κ1) is 11.3. The van der Waals surface area contributed by atoms with Gasteiger partial charge in [0.1, 0.15) is 0 Å². The molecule has 0 bridgehead atoms. The molecule has 0 saturated carbocycles. The van der Waals surface area contributed by atoms with Gasteiger partial charge in [0.05, 0.1) is 6.10 Å². The molecule has 0 aliphatic rings. The van der Waals surface area contributed by atoms with Crippen molar-refractivity contribution < 1.29 is 5.11 Å². The Kier molecular flexibility index (Phi) is 3.40. The molecule has 0 saturated heterocycles. The molecule has 2 N–H and O–H groups in total. The SMILES string of the molecule is CC(O)CCNc1nc2ccc(Br)cn2n1. The average molecular weight is 285 g/mol. The summed E-state index contributed by atoms with van der Waals surface area (Å²) in [5.74, 6) is 0.582. The number of aliphatic hydroxyl groups is 1. The van der Waals surface area contributed by atoms with Crippen LogP contribution in [0.3, 0.4) is 0 Å². The van der Waals surface area contributed by atoms with Crippen LogP contribution in [0.15, 0.2) is 22.8 Å². The summed E-state index contributed by atoms with van der Waals surface area (Å²) in [5, 5.41) is 16.4. The summed E-state index contributed by atoms with van der Waals surface area (Å²) in [6.07, 6.45) is 2.22. The van der Waals surface area contributed by atoms with Crippen molar-refractivity contribution in [1.29, 1.82) is 0 Å². The van der Waals surface area contributed by atoms with Gasteiger partial charge in [-0.25, -0.2) is 4.52 Å². The van der Waals surface area contributed by atoms with Crippen LogP contribution in [-0.4, -0.2) is 32.4 Å². The Hall–Kier alpha value is -1.14. The lowest BCUT2D eigenvalue weighted by molar-refractivity contribution is 0.188. The number of aliphatic hydroxyl groups excluding tert-OH is 1. The van der Waals surface area contributed by atoms with Crippen molar-refractivity contribution in [1.82, 2.24) is 14.6 Å². The number of anilines is 1. The fourth-order valence-electron chi connectivity index (χ4n) is 1.33. The molecule has 2 aromatic rings. The van der Waals surface area contributed by atoms with Gasteiger partial charge in [-0.15, -0.1) is 5.10 Å². The molecule has 0 radical (unpaired) electrons. The van der Waals surface area contributed by atoms with Crippen molar-refractivity contribution in [2.45, 2.75) is 19.4 Å². The number of pyridine rings is 1. The van der Waals surface area contributed by atoms with Crippen LogP contribution < -0.4 is 5.32 Å². The molecular weight excluding hydrogens is 272 g/mol. The van der Waals surface area contributed by atoms with E-state index in [1.807, 2.05) is 18.3 Å². The maximum atomic E-state index is 9.11. The van der Waals surface area contributed by atoms with Gasteiger partial charge in [0.15, 0.2) is 5.65 Å². The fourth-order valence-corrected chi connectivity index (χ4v) is 1.65. The zero-order valence-electron chi connectivity index (χ0n) is 8.89. The largest absolute Gasteiger partial charge is 0.393 e. The molecule has 86 valence electrons. The number of hydrogen-bond acceptors (Lipinski definition) is 4. The van der Waals surface area contributed by atoms with E-state index in [1.165, 1.54) is 0 Å². The van der Waals surface area contributed by atoms with E-state index >= 15 is 0 Å². The topological polar surface area (TPSA) is 62.5 Å². The Morgan fingerprint density at radius 3 is 3.12 bits per heavy atom. The number of nitrogens with zero attached hydrogens (tertiary/aromatic N) is 3. The Labute approximate surface area is 102 Å². The van der Waals surface area contributed by atoms with E-state index in [0.717, 1.165) is 10.1 Å². The number of halogens is 1. The molecule has 0 spiro atoms. The van der Waals surface area contributed by atoms with Crippen LogP contribution in [0.5, 0.6) is 0 Å². The minimum absolute atomic E-state index is 0.307. The second kappa shape index (κ2) is 4.80. The van der Waals surface area contributed by atoms with E-state index < -0.39 is 0 Å². The van der Waals surface area contributed by atoms with Crippen LogP contribution in [0.1, 0.15) is 13.3 Å². The summed E-state index contributed by atoms with van der Waals surface area (Å²) < 4.78 is 2.66. The monoisotopic (exact) mass is 284 g/mol. The highest BCUT2D eigenvalue weighted by molar-refractivity contribution is 9.10. The smallest absolute Gasteiger partial charge is 0.243 e. The first-order valence-corrected chi connectivity index (χ1v) is 5.88. The van der Waals surface area contributed by atoms with Gasteiger partial charge in [-0.1, -0.05) is 0 Å². The predicted molar refractivity (Wildman–Crippen MR) is 65.5 cm³/mol. The molecule has 0 aromatic carbocycles. The lowest BCUT2D eigenvalue weighted by atomic mass is 10.3. The number of aromatic nitrogens is 3. The maximum absolute atomic E-state index is 9.11. The lowest BCUT2D eigenvalue weighted by Crippen LogP contribution is -2.10. The second-order valence-corrected chi connectivity index (χ2v) is 4.57. The standard InChI is InChI=1S/C10H13BrN4O/c1-7(16)4-5-12-10-13-9-3-2-8(11)6-15(9)14-10/h2-3,6-7,16H,4-5H2,1H3,(H,12,14). The van der Waals surface area contributed by atoms with E-state index in [9.17, 15) is 0 Å². The molecule has 0 fully saturated rings. The highest BCUT2D eigenvalue weighted by Gasteiger charge is 2.03. The van der Waals surface area contributed by atoms with Crippen LogP contribution >= 0.6 is 15.9 Å². The van der Waals surface area contributed by atoms with Gasteiger partial charge >= 0.3 is 0 Å². The van der Waals surface area contributed by atoms with Gasteiger partial charge in [0, 0.05) is 17.2 Å². The first-order chi connectivity index (χ1) is 7.65. The van der Waals surface area contributed by atoms with E-state index in [0.29, 0.717) is 18.9 Å². The van der Waals surface area contributed by atoms with Crippen LogP contribution in [0.4, 0.5) is 5.95 Å². The third kappa shape index (κ3) is 2.70. The quantitative estimate of drug-likeness (QED) is 0.897. The Balaban J connectivity index is 2.08. The normalized spacial score (nSPS) is 12.9. The molecular formula is C10H13BrN4O. The Morgan fingerprint density at radius 1 is 1.56 bits per heavy atom. The molecule has 2 rings (SSSR count). The highest BCUT2D eigenvalue weighted by atomic mass is 79.9.